The largest absolute Gasteiger partial charge is 0.372 e. The van der Waals surface area contributed by atoms with Crippen molar-refractivity contribution in [3.05, 3.63) is 53.6 Å². The monoisotopic (exact) mass is 339 g/mol. The first kappa shape index (κ1) is 18.8. The summed E-state index contributed by atoms with van der Waals surface area (Å²) in [5.74, 6) is 0. The average molecular weight is 339 g/mol. The third kappa shape index (κ3) is 4.53. The molecule has 0 aromatic heterocycles. The fraction of sp³-hybridized carbons (Fsp3) is 0.381. The van der Waals surface area contributed by atoms with Gasteiger partial charge in [0, 0.05) is 36.7 Å². The molecule has 2 rings (SSSR count). The lowest BCUT2D eigenvalue weighted by Crippen LogP contribution is -2.35. The fourth-order valence-corrected chi connectivity index (χ4v) is 3.00. The van der Waals surface area contributed by atoms with Crippen molar-refractivity contribution in [3.8, 4) is 0 Å². The van der Waals surface area contributed by atoms with Gasteiger partial charge in [-0.1, -0.05) is 12.1 Å². The molecule has 2 amide bonds. The zero-order valence-corrected chi connectivity index (χ0v) is 16.0. The van der Waals surface area contributed by atoms with Crippen LogP contribution in [-0.2, 0) is 0 Å². The van der Waals surface area contributed by atoms with Crippen LogP contribution in [0.5, 0.6) is 0 Å². The zero-order valence-electron chi connectivity index (χ0n) is 16.0. The van der Waals surface area contributed by atoms with E-state index in [0.717, 1.165) is 35.6 Å². The number of urea groups is 1. The Morgan fingerprint density at radius 3 is 2.20 bits per heavy atom. The Kier molecular flexibility index (Phi) is 6.45. The molecule has 0 aliphatic rings. The first-order valence-electron chi connectivity index (χ1n) is 9.00. The van der Waals surface area contributed by atoms with Gasteiger partial charge >= 0.3 is 6.03 Å². The number of anilines is 3. The third-order valence-corrected chi connectivity index (χ3v) is 4.45. The number of nitrogens with one attached hydrogen (secondary N) is 1. The van der Waals surface area contributed by atoms with Gasteiger partial charge in [-0.15, -0.1) is 0 Å². The zero-order chi connectivity index (χ0) is 18.4. The molecule has 134 valence electrons. The van der Waals surface area contributed by atoms with Crippen molar-refractivity contribution in [1.29, 1.82) is 0 Å². The van der Waals surface area contributed by atoms with E-state index in [1.165, 1.54) is 5.69 Å². The van der Waals surface area contributed by atoms with Crippen LogP contribution in [0.3, 0.4) is 0 Å². The lowest BCUT2D eigenvalue weighted by Gasteiger charge is -2.24. The van der Waals surface area contributed by atoms with Crippen molar-refractivity contribution in [2.45, 2.75) is 34.6 Å². The molecule has 4 heteroatoms. The molecule has 0 radical (unpaired) electrons. The Bertz CT molecular complexity index is 723. The van der Waals surface area contributed by atoms with Crippen LogP contribution in [0.25, 0.3) is 0 Å². The summed E-state index contributed by atoms with van der Waals surface area (Å²) in [4.78, 5) is 16.8. The number of amides is 2. The number of hydrogen-bond donors (Lipinski definition) is 1. The van der Waals surface area contributed by atoms with Gasteiger partial charge in [0.25, 0.3) is 0 Å². The SMILES string of the molecule is CCN(CC)c1ccc(NC(=O)N(CC)c2cccc(C)c2)c(C)c1. The van der Waals surface area contributed by atoms with E-state index in [4.69, 9.17) is 0 Å². The molecule has 1 N–H and O–H groups in total. The summed E-state index contributed by atoms with van der Waals surface area (Å²) in [6, 6.07) is 14.1. The molecule has 25 heavy (non-hydrogen) atoms. The predicted octanol–water partition coefficient (Wildman–Crippen LogP) is 5.21. The van der Waals surface area contributed by atoms with Crippen LogP contribution in [0.15, 0.2) is 42.5 Å². The lowest BCUT2D eigenvalue weighted by atomic mass is 10.1. The maximum Gasteiger partial charge on any atom is 0.326 e. The van der Waals surface area contributed by atoms with E-state index in [1.807, 2.05) is 51.1 Å². The Morgan fingerprint density at radius 1 is 0.920 bits per heavy atom. The highest BCUT2D eigenvalue weighted by molar-refractivity contribution is 6.02. The second-order valence-corrected chi connectivity index (χ2v) is 6.18. The molecule has 0 aliphatic heterocycles. The van der Waals surface area contributed by atoms with Gasteiger partial charge in [-0.25, -0.2) is 4.79 Å². The van der Waals surface area contributed by atoms with Gasteiger partial charge in [0.15, 0.2) is 0 Å². The molecular formula is C21H29N3O. The van der Waals surface area contributed by atoms with E-state index >= 15 is 0 Å². The highest BCUT2D eigenvalue weighted by Crippen LogP contribution is 2.24. The molecule has 2 aromatic carbocycles. The quantitative estimate of drug-likeness (QED) is 0.784. The topological polar surface area (TPSA) is 35.6 Å². The van der Waals surface area contributed by atoms with Crippen LogP contribution >= 0.6 is 0 Å². The number of aryl methyl sites for hydroxylation is 2. The molecule has 0 unspecified atom stereocenters. The molecule has 0 bridgehead atoms. The third-order valence-electron chi connectivity index (χ3n) is 4.45. The molecule has 0 fully saturated rings. The minimum Gasteiger partial charge on any atom is -0.372 e. The van der Waals surface area contributed by atoms with Gasteiger partial charge < -0.3 is 10.2 Å². The van der Waals surface area contributed by atoms with Crippen LogP contribution in [-0.4, -0.2) is 25.7 Å². The molecular weight excluding hydrogens is 310 g/mol. The molecule has 0 spiro atoms. The van der Waals surface area contributed by atoms with Crippen LogP contribution in [0.1, 0.15) is 31.9 Å². The molecule has 0 atom stereocenters. The number of nitrogens with zero attached hydrogens (tertiary/aromatic N) is 2. The number of rotatable bonds is 6. The molecule has 0 saturated carbocycles. The summed E-state index contributed by atoms with van der Waals surface area (Å²) >= 11 is 0. The first-order chi connectivity index (χ1) is 12.0. The van der Waals surface area contributed by atoms with Gasteiger partial charge in [-0.3, -0.25) is 4.90 Å². The van der Waals surface area contributed by atoms with Crippen molar-refractivity contribution in [1.82, 2.24) is 0 Å². The van der Waals surface area contributed by atoms with Crippen molar-refractivity contribution in [3.63, 3.8) is 0 Å². The summed E-state index contributed by atoms with van der Waals surface area (Å²) in [5, 5.41) is 3.05. The summed E-state index contributed by atoms with van der Waals surface area (Å²) in [6.45, 7) is 12.9. The number of carbonyl (C=O) groups excluding carboxylic acids is 1. The molecule has 0 heterocycles. The van der Waals surface area contributed by atoms with E-state index in [9.17, 15) is 4.79 Å². The standard InChI is InChI=1S/C21H29N3O/c1-6-23(7-2)18-12-13-20(17(5)15-18)22-21(25)24(8-3)19-11-9-10-16(4)14-19/h9-15H,6-8H2,1-5H3,(H,22,25). The minimum atomic E-state index is -0.105. The maximum atomic E-state index is 12.7. The number of benzene rings is 2. The molecule has 4 nitrogen and oxygen atoms in total. The summed E-state index contributed by atoms with van der Waals surface area (Å²) in [7, 11) is 0. The highest BCUT2D eigenvalue weighted by atomic mass is 16.2. The molecule has 2 aromatic rings. The lowest BCUT2D eigenvalue weighted by molar-refractivity contribution is 0.257. The van der Waals surface area contributed by atoms with Gasteiger partial charge in [-0.05, 0) is 76.1 Å². The van der Waals surface area contributed by atoms with Gasteiger partial charge in [-0.2, -0.15) is 0 Å². The van der Waals surface area contributed by atoms with Crippen molar-refractivity contribution >= 4 is 23.1 Å². The second kappa shape index (κ2) is 8.56. The van der Waals surface area contributed by atoms with Crippen molar-refractivity contribution < 1.29 is 4.79 Å². The van der Waals surface area contributed by atoms with Crippen molar-refractivity contribution in [2.24, 2.45) is 0 Å². The van der Waals surface area contributed by atoms with Crippen LogP contribution in [0.2, 0.25) is 0 Å². The highest BCUT2D eigenvalue weighted by Gasteiger charge is 2.15. The van der Waals surface area contributed by atoms with E-state index < -0.39 is 0 Å². The maximum absolute atomic E-state index is 12.7. The Labute approximate surface area is 151 Å². The summed E-state index contributed by atoms with van der Waals surface area (Å²) in [5.41, 5.74) is 5.16. The first-order valence-corrected chi connectivity index (χ1v) is 9.00. The number of carbonyl (C=O) groups is 1. The van der Waals surface area contributed by atoms with E-state index in [-0.39, 0.29) is 6.03 Å². The summed E-state index contributed by atoms with van der Waals surface area (Å²) < 4.78 is 0. The number of hydrogen-bond acceptors (Lipinski definition) is 2. The average Bonchev–Trinajstić information content (AvgIpc) is 2.59. The molecule has 0 aliphatic carbocycles. The van der Waals surface area contributed by atoms with E-state index in [1.54, 1.807) is 4.90 Å². The predicted molar refractivity (Wildman–Crippen MR) is 108 cm³/mol. The van der Waals surface area contributed by atoms with E-state index in [2.05, 4.69) is 36.2 Å². The van der Waals surface area contributed by atoms with E-state index in [0.29, 0.717) is 6.54 Å². The fourth-order valence-electron chi connectivity index (χ4n) is 3.00. The van der Waals surface area contributed by atoms with Gasteiger partial charge in [0.1, 0.15) is 0 Å². The minimum absolute atomic E-state index is 0.105. The summed E-state index contributed by atoms with van der Waals surface area (Å²) in [6.07, 6.45) is 0. The van der Waals surface area contributed by atoms with Crippen LogP contribution < -0.4 is 15.1 Å². The second-order valence-electron chi connectivity index (χ2n) is 6.18. The Morgan fingerprint density at radius 2 is 1.64 bits per heavy atom. The van der Waals surface area contributed by atoms with Gasteiger partial charge in [0.05, 0.1) is 0 Å². The van der Waals surface area contributed by atoms with Crippen LogP contribution in [0.4, 0.5) is 21.9 Å². The van der Waals surface area contributed by atoms with Gasteiger partial charge in [0.2, 0.25) is 0 Å². The smallest absolute Gasteiger partial charge is 0.326 e. The molecule has 0 saturated heterocycles. The van der Waals surface area contributed by atoms with Crippen LogP contribution in [0, 0.1) is 13.8 Å². The van der Waals surface area contributed by atoms with Crippen molar-refractivity contribution in [2.75, 3.05) is 34.8 Å². The Hall–Kier alpha value is -2.49. The normalized spacial score (nSPS) is 10.4. The Balaban J connectivity index is 2.19.